The first-order valence-corrected chi connectivity index (χ1v) is 8.72. The maximum Gasteiger partial charge on any atom is 0.387 e. The van der Waals surface area contributed by atoms with Crippen molar-refractivity contribution in [3.8, 4) is 17.2 Å². The van der Waals surface area contributed by atoms with Gasteiger partial charge in [0.25, 0.3) is 0 Å². The number of anilines is 1. The number of aryl methyl sites for hydroxylation is 2. The topological polar surface area (TPSA) is 77.2 Å². The van der Waals surface area contributed by atoms with E-state index in [9.17, 15) is 13.6 Å². The molecule has 0 radical (unpaired) electrons. The van der Waals surface area contributed by atoms with Gasteiger partial charge in [0.15, 0.2) is 0 Å². The molecule has 0 bridgehead atoms. The van der Waals surface area contributed by atoms with Crippen LogP contribution in [0.4, 0.5) is 14.5 Å². The SMILES string of the molecule is Cc1ccc(-c2nnc(CCC(=O)Nc3ccc(OC(F)F)c(Cl)c3)o2)cc1. The van der Waals surface area contributed by atoms with E-state index in [-0.39, 0.29) is 29.5 Å². The van der Waals surface area contributed by atoms with E-state index >= 15 is 0 Å². The van der Waals surface area contributed by atoms with Crippen LogP contribution in [0.2, 0.25) is 5.02 Å². The molecule has 0 spiro atoms. The number of carbonyl (C=O) groups is 1. The minimum absolute atomic E-state index is 0.0299. The van der Waals surface area contributed by atoms with Crippen LogP contribution in [0.1, 0.15) is 17.9 Å². The lowest BCUT2D eigenvalue weighted by Crippen LogP contribution is -2.12. The summed E-state index contributed by atoms with van der Waals surface area (Å²) >= 11 is 5.86. The average Bonchev–Trinajstić information content (AvgIpc) is 3.12. The fraction of sp³-hybridized carbons (Fsp3) is 0.211. The lowest BCUT2D eigenvalue weighted by Gasteiger charge is -2.09. The van der Waals surface area contributed by atoms with Gasteiger partial charge in [-0.3, -0.25) is 4.79 Å². The first kappa shape index (κ1) is 19.8. The van der Waals surface area contributed by atoms with E-state index in [1.807, 2.05) is 31.2 Å². The molecule has 1 aromatic heterocycles. The second-order valence-corrected chi connectivity index (χ2v) is 6.35. The monoisotopic (exact) mass is 407 g/mol. The molecular formula is C19H16ClF2N3O3. The largest absolute Gasteiger partial charge is 0.433 e. The highest BCUT2D eigenvalue weighted by Gasteiger charge is 2.13. The molecule has 1 heterocycles. The number of benzene rings is 2. The number of aromatic nitrogens is 2. The Morgan fingerprint density at radius 1 is 1.21 bits per heavy atom. The van der Waals surface area contributed by atoms with Crippen molar-refractivity contribution in [2.45, 2.75) is 26.4 Å². The van der Waals surface area contributed by atoms with Gasteiger partial charge in [-0.1, -0.05) is 29.3 Å². The van der Waals surface area contributed by atoms with Crippen molar-refractivity contribution < 1.29 is 22.7 Å². The molecule has 0 aliphatic carbocycles. The Labute approximate surface area is 164 Å². The Hall–Kier alpha value is -3.00. The van der Waals surface area contributed by atoms with Crippen molar-refractivity contribution in [3.63, 3.8) is 0 Å². The highest BCUT2D eigenvalue weighted by molar-refractivity contribution is 6.32. The molecule has 2 aromatic carbocycles. The van der Waals surface area contributed by atoms with Crippen LogP contribution in [-0.2, 0) is 11.2 Å². The third-order valence-electron chi connectivity index (χ3n) is 3.76. The summed E-state index contributed by atoms with van der Waals surface area (Å²) in [5, 5.41) is 10.5. The fourth-order valence-electron chi connectivity index (χ4n) is 2.38. The number of halogens is 3. The zero-order valence-electron chi connectivity index (χ0n) is 14.8. The quantitative estimate of drug-likeness (QED) is 0.604. The molecule has 146 valence electrons. The van der Waals surface area contributed by atoms with Crippen LogP contribution >= 0.6 is 11.6 Å². The van der Waals surface area contributed by atoms with Crippen molar-refractivity contribution >= 4 is 23.2 Å². The third kappa shape index (κ3) is 5.26. The molecule has 0 unspecified atom stereocenters. The third-order valence-corrected chi connectivity index (χ3v) is 4.06. The number of hydrogen-bond acceptors (Lipinski definition) is 5. The zero-order chi connectivity index (χ0) is 20.1. The molecule has 28 heavy (non-hydrogen) atoms. The average molecular weight is 408 g/mol. The predicted molar refractivity (Wildman–Crippen MR) is 99.5 cm³/mol. The molecule has 0 saturated carbocycles. The number of carbonyl (C=O) groups excluding carboxylic acids is 1. The van der Waals surface area contributed by atoms with Crippen molar-refractivity contribution in [1.82, 2.24) is 10.2 Å². The van der Waals surface area contributed by atoms with E-state index in [4.69, 9.17) is 16.0 Å². The Morgan fingerprint density at radius 3 is 2.64 bits per heavy atom. The molecule has 3 aromatic rings. The van der Waals surface area contributed by atoms with Crippen LogP contribution in [-0.4, -0.2) is 22.7 Å². The fourth-order valence-corrected chi connectivity index (χ4v) is 2.61. The highest BCUT2D eigenvalue weighted by Crippen LogP contribution is 2.29. The van der Waals surface area contributed by atoms with Gasteiger partial charge in [-0.15, -0.1) is 10.2 Å². The zero-order valence-corrected chi connectivity index (χ0v) is 15.5. The van der Waals surface area contributed by atoms with Crippen molar-refractivity contribution in [3.05, 3.63) is 58.9 Å². The van der Waals surface area contributed by atoms with Crippen LogP contribution in [0.15, 0.2) is 46.9 Å². The minimum Gasteiger partial charge on any atom is -0.433 e. The summed E-state index contributed by atoms with van der Waals surface area (Å²) in [5.41, 5.74) is 2.28. The summed E-state index contributed by atoms with van der Waals surface area (Å²) in [6, 6.07) is 11.7. The predicted octanol–water partition coefficient (Wildman–Crippen LogP) is 4.87. The summed E-state index contributed by atoms with van der Waals surface area (Å²) in [7, 11) is 0. The molecule has 1 amide bonds. The number of nitrogens with one attached hydrogen (secondary N) is 1. The Morgan fingerprint density at radius 2 is 1.96 bits per heavy atom. The molecule has 3 rings (SSSR count). The number of rotatable bonds is 7. The Kier molecular flexibility index (Phi) is 6.20. The van der Waals surface area contributed by atoms with Crippen LogP contribution in [0.5, 0.6) is 5.75 Å². The first-order valence-electron chi connectivity index (χ1n) is 8.34. The molecule has 0 atom stereocenters. The molecule has 1 N–H and O–H groups in total. The van der Waals surface area contributed by atoms with E-state index in [2.05, 4.69) is 20.3 Å². The molecule has 0 fully saturated rings. The second kappa shape index (κ2) is 8.79. The number of hydrogen-bond donors (Lipinski definition) is 1. The van der Waals surface area contributed by atoms with Crippen LogP contribution in [0.3, 0.4) is 0 Å². The van der Waals surface area contributed by atoms with E-state index < -0.39 is 6.61 Å². The number of alkyl halides is 2. The summed E-state index contributed by atoms with van der Waals surface area (Å²) in [6.07, 6.45) is 0.355. The number of nitrogens with zero attached hydrogens (tertiary/aromatic N) is 2. The van der Waals surface area contributed by atoms with E-state index in [0.717, 1.165) is 11.1 Å². The summed E-state index contributed by atoms with van der Waals surface area (Å²) in [4.78, 5) is 12.1. The van der Waals surface area contributed by atoms with E-state index in [1.165, 1.54) is 18.2 Å². The highest BCUT2D eigenvalue weighted by atomic mass is 35.5. The van der Waals surface area contributed by atoms with Gasteiger partial charge < -0.3 is 14.5 Å². The van der Waals surface area contributed by atoms with Crippen molar-refractivity contribution in [2.24, 2.45) is 0 Å². The van der Waals surface area contributed by atoms with Crippen molar-refractivity contribution in [1.29, 1.82) is 0 Å². The maximum atomic E-state index is 12.2. The molecule has 9 heteroatoms. The lowest BCUT2D eigenvalue weighted by atomic mass is 10.1. The molecular weight excluding hydrogens is 392 g/mol. The number of amides is 1. The molecule has 0 saturated heterocycles. The standard InChI is InChI=1S/C19H16ClF2N3O3/c1-11-2-4-12(5-3-11)18-25-24-17(28-18)9-8-16(26)23-13-6-7-15(14(20)10-13)27-19(21)22/h2-7,10,19H,8-9H2,1H3,(H,23,26). The normalized spacial score (nSPS) is 10.9. The molecule has 0 aliphatic rings. The Balaban J connectivity index is 1.55. The van der Waals surface area contributed by atoms with Gasteiger partial charge in [0.2, 0.25) is 17.7 Å². The van der Waals surface area contributed by atoms with Crippen LogP contribution in [0, 0.1) is 6.92 Å². The van der Waals surface area contributed by atoms with Gasteiger partial charge in [0, 0.05) is 24.1 Å². The number of ether oxygens (including phenoxy) is 1. The van der Waals surface area contributed by atoms with Gasteiger partial charge in [0.05, 0.1) is 5.02 Å². The van der Waals surface area contributed by atoms with Gasteiger partial charge in [-0.05, 0) is 37.3 Å². The van der Waals surface area contributed by atoms with Gasteiger partial charge in [0.1, 0.15) is 5.75 Å². The van der Waals surface area contributed by atoms with Crippen molar-refractivity contribution in [2.75, 3.05) is 5.32 Å². The Bertz CT molecular complexity index is 961. The van der Waals surface area contributed by atoms with Gasteiger partial charge in [-0.2, -0.15) is 8.78 Å². The van der Waals surface area contributed by atoms with Crippen LogP contribution < -0.4 is 10.1 Å². The summed E-state index contributed by atoms with van der Waals surface area (Å²) < 4.78 is 34.3. The summed E-state index contributed by atoms with van der Waals surface area (Å²) in [6.45, 7) is -0.995. The first-order chi connectivity index (χ1) is 13.4. The second-order valence-electron chi connectivity index (χ2n) is 5.94. The van der Waals surface area contributed by atoms with E-state index in [1.54, 1.807) is 0 Å². The van der Waals surface area contributed by atoms with Gasteiger partial charge >= 0.3 is 6.61 Å². The van der Waals surface area contributed by atoms with E-state index in [0.29, 0.717) is 17.5 Å². The van der Waals surface area contributed by atoms with Crippen LogP contribution in [0.25, 0.3) is 11.5 Å². The maximum absolute atomic E-state index is 12.2. The summed E-state index contributed by atoms with van der Waals surface area (Å²) in [5.74, 6) is 0.249. The minimum atomic E-state index is -2.97. The molecule has 0 aliphatic heterocycles. The molecule has 6 nitrogen and oxygen atoms in total. The van der Waals surface area contributed by atoms with Gasteiger partial charge in [-0.25, -0.2) is 0 Å². The lowest BCUT2D eigenvalue weighted by molar-refractivity contribution is -0.116. The smallest absolute Gasteiger partial charge is 0.387 e.